The van der Waals surface area contributed by atoms with Crippen molar-refractivity contribution in [2.45, 2.75) is 232 Å². The lowest BCUT2D eigenvalue weighted by atomic mass is 9.88. The van der Waals surface area contributed by atoms with Crippen LogP contribution in [0.3, 0.4) is 0 Å². The summed E-state index contributed by atoms with van der Waals surface area (Å²) < 4.78 is 0. The van der Waals surface area contributed by atoms with Crippen LogP contribution in [0.4, 0.5) is 0 Å². The van der Waals surface area contributed by atoms with Gasteiger partial charge in [0.15, 0.2) is 17.3 Å². The predicted octanol–water partition coefficient (Wildman–Crippen LogP) is 6.78. The van der Waals surface area contributed by atoms with Crippen molar-refractivity contribution in [2.75, 3.05) is 54.9 Å². The maximum absolute atomic E-state index is 15.8. The van der Waals surface area contributed by atoms with Crippen molar-refractivity contribution in [2.24, 2.45) is 35.5 Å². The molecule has 0 bridgehead atoms. The fourth-order valence-electron chi connectivity index (χ4n) is 15.4. The molecule has 3 aliphatic heterocycles. The van der Waals surface area contributed by atoms with Crippen LogP contribution >= 0.6 is 0 Å². The second-order valence-corrected chi connectivity index (χ2v) is 32.7. The zero-order valence-corrected chi connectivity index (χ0v) is 68.9. The first-order chi connectivity index (χ1) is 53.6. The fourth-order valence-corrected chi connectivity index (χ4v) is 15.4. The maximum atomic E-state index is 15.8. The van der Waals surface area contributed by atoms with Gasteiger partial charge in [0.25, 0.3) is 0 Å². The quantitative estimate of drug-likeness (QED) is 0.0752. The largest absolute Gasteiger partial charge is 0.346 e. The number of nitrogens with one attached hydrogen (secondary N) is 4. The molecule has 26 nitrogen and oxygen atoms in total. The Morgan fingerprint density at radius 3 is 1.62 bits per heavy atom. The normalized spacial score (nSPS) is 24.7. The number of likely N-dealkylation sites (N-methyl/N-ethyl adjacent to an activating group) is 5. The van der Waals surface area contributed by atoms with E-state index in [9.17, 15) is 24.0 Å². The number of benzene rings is 3. The van der Waals surface area contributed by atoms with Crippen LogP contribution in [-0.4, -0.2) is 237 Å². The van der Waals surface area contributed by atoms with E-state index in [1.54, 1.807) is 116 Å². The molecule has 0 radical (unpaired) electrons. The van der Waals surface area contributed by atoms with E-state index < -0.39 is 174 Å². The van der Waals surface area contributed by atoms with Crippen LogP contribution in [-0.2, 0) is 92.8 Å². The SMILES string of the molecule is CC(C)C[C@@H]1NC(=O)[C@H](Cc2cccnc2)CC(=O)[C@@H]2CCCN2C(=O)[C@H](C)NC(=O)[C@H](CC(C)C)N(C)C(=O)[C@H](Cc2ccccc2)CC(=O)[C@H](C)N(C)C(=O)[C@H](CC(C)C)N(C)C(=O)[C@H](Cc2ccccc2)NC(=O)[C@H](C)N(C)C(=O)C[C@@H](C(=O)N(C)[C@@H](Cc2ccccc2)C(=O)N[C@@H](C)C(=O)N2CCCCC2)CC1=O. The molecule has 4 heterocycles. The van der Waals surface area contributed by atoms with Crippen molar-refractivity contribution in [3.63, 3.8) is 0 Å². The highest BCUT2D eigenvalue weighted by Gasteiger charge is 2.44. The number of piperidine rings is 1. The van der Waals surface area contributed by atoms with Gasteiger partial charge in [0.05, 0.1) is 24.0 Å². The summed E-state index contributed by atoms with van der Waals surface area (Å²) in [6, 6.07) is 18.0. The molecule has 7 rings (SSSR count). The lowest BCUT2D eigenvalue weighted by Crippen LogP contribution is -2.58. The molecule has 3 saturated heterocycles. The third-order valence-corrected chi connectivity index (χ3v) is 22.5. The zero-order valence-electron chi connectivity index (χ0n) is 68.9. The van der Waals surface area contributed by atoms with E-state index in [0.717, 1.165) is 34.6 Å². The summed E-state index contributed by atoms with van der Waals surface area (Å²) in [5, 5.41) is 11.5. The number of likely N-dealkylation sites (tertiary alicyclic amines) is 1. The van der Waals surface area contributed by atoms with Crippen molar-refractivity contribution >= 4 is 82.3 Å². The molecule has 0 spiro atoms. The number of hydrogen-bond acceptors (Lipinski definition) is 15. The third-order valence-electron chi connectivity index (χ3n) is 22.5. The summed E-state index contributed by atoms with van der Waals surface area (Å²) in [6.07, 6.45) is 4.25. The average Bonchev–Trinajstić information content (AvgIpc) is 1.81. The van der Waals surface area contributed by atoms with E-state index >= 15 is 43.2 Å². The van der Waals surface area contributed by atoms with Gasteiger partial charge in [-0.05, 0) is 138 Å². The molecule has 4 N–H and O–H groups in total. The van der Waals surface area contributed by atoms with Gasteiger partial charge in [0, 0.05) is 118 Å². The highest BCUT2D eigenvalue weighted by molar-refractivity contribution is 6.01. The molecule has 11 amide bonds. The molecule has 3 aromatic carbocycles. The van der Waals surface area contributed by atoms with Gasteiger partial charge in [-0.1, -0.05) is 139 Å². The molecular weight excluding hydrogens is 1440 g/mol. The van der Waals surface area contributed by atoms with Crippen LogP contribution in [0.25, 0.3) is 0 Å². The number of amides is 11. The number of aromatic nitrogens is 1. The summed E-state index contributed by atoms with van der Waals surface area (Å²) in [6.45, 7) is 18.4. The summed E-state index contributed by atoms with van der Waals surface area (Å²) in [5.74, 6) is -13.3. The second kappa shape index (κ2) is 42.7. The molecule has 0 saturated carbocycles. The number of carbonyl (C=O) groups is 14. The van der Waals surface area contributed by atoms with Crippen molar-refractivity contribution < 1.29 is 67.1 Å². The fraction of sp³-hybridized carbons (Fsp3) is 0.575. The second-order valence-electron chi connectivity index (χ2n) is 32.7. The topological polar surface area (TPSA) is 323 Å². The Kier molecular flexibility index (Phi) is 34.1. The summed E-state index contributed by atoms with van der Waals surface area (Å²) in [7, 11) is 7.09. The maximum Gasteiger partial charge on any atom is 0.245 e. The first-order valence-electron chi connectivity index (χ1n) is 40.3. The van der Waals surface area contributed by atoms with Crippen molar-refractivity contribution in [3.8, 4) is 0 Å². The molecule has 26 heteroatoms. The van der Waals surface area contributed by atoms with Gasteiger partial charge in [-0.2, -0.15) is 0 Å². The van der Waals surface area contributed by atoms with Crippen molar-refractivity contribution in [3.05, 3.63) is 138 Å². The Bertz CT molecular complexity index is 3930. The Hall–Kier alpha value is -10.0. The minimum absolute atomic E-state index is 0.0204. The van der Waals surface area contributed by atoms with Gasteiger partial charge in [-0.15, -0.1) is 0 Å². The highest BCUT2D eigenvalue weighted by atomic mass is 16.2. The molecule has 4 aromatic rings. The standard InChI is InChI=1S/C87H122N12O14/c1-54(2)42-68-75(101)51-67(85(111)96(14)72(48-63-34-24-18-25-35-63)81(107)89-57(7)82(108)98-39-26-19-27-40-98)52-77(103)93(11)60(10)78(104)92-69(47-62-32-22-17-23-33-62)86(112)97(15)73(44-56(5)6)87(113)94(12)59(9)74(100)50-66(45-61-30-20-16-21-31-61)84(110)95(13)71(43-55(3)4)80(106)90-58(8)83(109)99-41-29-37-70(99)76(102)49-65(79(105)91-68)46-64-36-28-38-88-53-64/h16-18,20-25,28,30-36,38,53-60,65-73H,19,26-27,29,37,39-52H2,1-15H3,(H,89,107)(H,90,106)(H,91,105)(H,92,104)/t57-,58-,59-,60-,65+,66+,67-,68-,69-,70-,71-,72-,73-/m0/s1. The average molecular weight is 1560 g/mol. The molecule has 3 aliphatic rings. The monoisotopic (exact) mass is 1560 g/mol. The van der Waals surface area contributed by atoms with Crippen LogP contribution in [0.15, 0.2) is 116 Å². The number of nitrogens with zero attached hydrogens (tertiary/aromatic N) is 8. The van der Waals surface area contributed by atoms with E-state index in [1.807, 2.05) is 59.7 Å². The number of hydrogen-bond donors (Lipinski definition) is 4. The van der Waals surface area contributed by atoms with E-state index in [-0.39, 0.29) is 88.0 Å². The Morgan fingerprint density at radius 1 is 0.496 bits per heavy atom. The summed E-state index contributed by atoms with van der Waals surface area (Å²) >= 11 is 0. The lowest BCUT2D eigenvalue weighted by Gasteiger charge is -2.36. The van der Waals surface area contributed by atoms with Crippen LogP contribution in [0, 0.1) is 35.5 Å². The first kappa shape index (κ1) is 90.2. The van der Waals surface area contributed by atoms with Crippen molar-refractivity contribution in [1.82, 2.24) is 60.6 Å². The minimum Gasteiger partial charge on any atom is -0.346 e. The Balaban J connectivity index is 1.32. The van der Waals surface area contributed by atoms with Crippen LogP contribution < -0.4 is 21.3 Å². The summed E-state index contributed by atoms with van der Waals surface area (Å²) in [5.41, 5.74) is 2.57. The molecule has 614 valence electrons. The first-order valence-corrected chi connectivity index (χ1v) is 40.3. The summed E-state index contributed by atoms with van der Waals surface area (Å²) in [4.78, 5) is 224. The van der Waals surface area contributed by atoms with Gasteiger partial charge in [0.1, 0.15) is 42.3 Å². The van der Waals surface area contributed by atoms with Gasteiger partial charge in [0.2, 0.25) is 65.0 Å². The molecule has 0 unspecified atom stereocenters. The number of rotatable bonds is 19. The van der Waals surface area contributed by atoms with E-state index in [4.69, 9.17) is 0 Å². The molecule has 3 fully saturated rings. The van der Waals surface area contributed by atoms with Crippen molar-refractivity contribution in [1.29, 1.82) is 0 Å². The lowest BCUT2D eigenvalue weighted by molar-refractivity contribution is -0.150. The van der Waals surface area contributed by atoms with Crippen LogP contribution in [0.2, 0.25) is 0 Å². The Labute approximate surface area is 667 Å². The number of carbonyl (C=O) groups excluding carboxylic acids is 14. The molecule has 13 atom stereocenters. The smallest absolute Gasteiger partial charge is 0.245 e. The molecule has 0 aliphatic carbocycles. The zero-order chi connectivity index (χ0) is 83.1. The molecule has 1 aromatic heterocycles. The highest BCUT2D eigenvalue weighted by Crippen LogP contribution is 2.29. The van der Waals surface area contributed by atoms with Gasteiger partial charge in [-0.25, -0.2) is 0 Å². The molecular formula is C87H122N12O14. The van der Waals surface area contributed by atoms with Crippen LogP contribution in [0.1, 0.15) is 169 Å². The number of fused-ring (bicyclic) bond motifs is 1. The Morgan fingerprint density at radius 2 is 1.04 bits per heavy atom. The predicted molar refractivity (Wildman–Crippen MR) is 429 cm³/mol. The van der Waals surface area contributed by atoms with E-state index in [0.29, 0.717) is 36.2 Å². The number of pyridine rings is 1. The van der Waals surface area contributed by atoms with E-state index in [2.05, 4.69) is 26.3 Å². The van der Waals surface area contributed by atoms with Gasteiger partial charge < -0.3 is 55.6 Å². The molecule has 113 heavy (non-hydrogen) atoms. The number of Topliss-reactive ketones (excluding diaryl/α,β-unsaturated/α-hetero) is 3. The van der Waals surface area contributed by atoms with Gasteiger partial charge >= 0.3 is 0 Å². The minimum atomic E-state index is -1.58. The third kappa shape index (κ3) is 25.5. The van der Waals surface area contributed by atoms with Gasteiger partial charge in [-0.3, -0.25) is 72.1 Å². The van der Waals surface area contributed by atoms with Crippen LogP contribution in [0.5, 0.6) is 0 Å². The number of ketones is 3. The van der Waals surface area contributed by atoms with E-state index in [1.165, 1.54) is 68.7 Å².